The van der Waals surface area contributed by atoms with E-state index in [1.807, 2.05) is 35.4 Å². The van der Waals surface area contributed by atoms with Crippen LogP contribution in [0.4, 0.5) is 17.3 Å². The van der Waals surface area contributed by atoms with Gasteiger partial charge in [-0.15, -0.1) is 0 Å². The molecule has 1 amide bonds. The van der Waals surface area contributed by atoms with Crippen molar-refractivity contribution in [1.29, 1.82) is 0 Å². The van der Waals surface area contributed by atoms with Gasteiger partial charge in [0.1, 0.15) is 11.3 Å². The van der Waals surface area contributed by atoms with E-state index < -0.39 is 11.4 Å². The molecule has 4 aromatic rings. The standard InChI is InChI=1S/C32H36N6O3/c1-7-19-10-21(11-19)38-26-12-20(8-9-23(26)32(5,6)31(38)41)24-14-25-28(37(16-34-25)17(2)3)29(35-24)36-27-13-22(30(39)40)18(4)15-33-27/h8-9,12-17,19,21H,7,10-11H2,1-6H3,(H,39,40)(H,33,35,36). The van der Waals surface area contributed by atoms with Crippen LogP contribution in [0.25, 0.3) is 22.3 Å². The number of hydrogen-bond acceptors (Lipinski definition) is 6. The van der Waals surface area contributed by atoms with E-state index in [0.717, 1.165) is 47.1 Å². The van der Waals surface area contributed by atoms with Gasteiger partial charge < -0.3 is 19.9 Å². The van der Waals surface area contributed by atoms with Crippen LogP contribution in [-0.2, 0) is 10.2 Å². The first-order chi connectivity index (χ1) is 19.5. The quantitative estimate of drug-likeness (QED) is 0.264. The number of carboxylic acids is 1. The lowest BCUT2D eigenvalue weighted by atomic mass is 9.77. The topological polar surface area (TPSA) is 113 Å². The molecule has 0 bridgehead atoms. The Balaban J connectivity index is 1.46. The number of aromatic carboxylic acids is 1. The minimum absolute atomic E-state index is 0.130. The van der Waals surface area contributed by atoms with Crippen LogP contribution in [0.5, 0.6) is 0 Å². The molecule has 1 aliphatic heterocycles. The van der Waals surface area contributed by atoms with Gasteiger partial charge in [-0.3, -0.25) is 4.79 Å². The molecule has 3 aromatic heterocycles. The van der Waals surface area contributed by atoms with Crippen molar-refractivity contribution in [2.24, 2.45) is 5.92 Å². The zero-order chi connectivity index (χ0) is 29.2. The largest absolute Gasteiger partial charge is 0.478 e. The summed E-state index contributed by atoms with van der Waals surface area (Å²) in [5.74, 6) is 0.747. The number of benzene rings is 1. The maximum Gasteiger partial charge on any atom is 0.336 e. The molecule has 0 atom stereocenters. The second-order valence-corrected chi connectivity index (χ2v) is 12.2. The molecule has 6 rings (SSSR count). The smallest absolute Gasteiger partial charge is 0.336 e. The van der Waals surface area contributed by atoms with Gasteiger partial charge in [0, 0.05) is 29.5 Å². The predicted molar refractivity (Wildman–Crippen MR) is 160 cm³/mol. The second-order valence-electron chi connectivity index (χ2n) is 12.2. The molecular formula is C32H36N6O3. The Hall–Kier alpha value is -4.27. The number of amides is 1. The van der Waals surface area contributed by atoms with Crippen molar-refractivity contribution < 1.29 is 14.7 Å². The molecule has 1 aromatic carbocycles. The highest BCUT2D eigenvalue weighted by molar-refractivity contribution is 6.08. The van der Waals surface area contributed by atoms with Gasteiger partial charge in [-0.1, -0.05) is 25.5 Å². The molecular weight excluding hydrogens is 516 g/mol. The normalized spacial score (nSPS) is 19.5. The molecule has 2 aliphatic rings. The van der Waals surface area contributed by atoms with Gasteiger partial charge in [0.2, 0.25) is 5.91 Å². The van der Waals surface area contributed by atoms with Crippen LogP contribution in [0.2, 0.25) is 0 Å². The molecule has 212 valence electrons. The lowest BCUT2D eigenvalue weighted by Crippen LogP contribution is -2.49. The minimum Gasteiger partial charge on any atom is -0.478 e. The number of fused-ring (bicyclic) bond motifs is 2. The molecule has 9 nitrogen and oxygen atoms in total. The van der Waals surface area contributed by atoms with E-state index in [-0.39, 0.29) is 23.6 Å². The number of carbonyl (C=O) groups is 2. The lowest BCUT2D eigenvalue weighted by molar-refractivity contribution is -0.123. The van der Waals surface area contributed by atoms with Crippen molar-refractivity contribution in [3.05, 3.63) is 59.5 Å². The van der Waals surface area contributed by atoms with Crippen LogP contribution >= 0.6 is 0 Å². The van der Waals surface area contributed by atoms with Gasteiger partial charge in [0.05, 0.1) is 28.5 Å². The first-order valence-corrected chi connectivity index (χ1v) is 14.3. The summed E-state index contributed by atoms with van der Waals surface area (Å²) < 4.78 is 2.03. The van der Waals surface area contributed by atoms with E-state index >= 15 is 0 Å². The first-order valence-electron chi connectivity index (χ1n) is 14.3. The number of aryl methyl sites for hydroxylation is 1. The summed E-state index contributed by atoms with van der Waals surface area (Å²) in [6.07, 6.45) is 6.55. The highest BCUT2D eigenvalue weighted by Gasteiger charge is 2.49. The first kappa shape index (κ1) is 26.9. The van der Waals surface area contributed by atoms with E-state index in [0.29, 0.717) is 28.8 Å². The molecule has 0 saturated heterocycles. The van der Waals surface area contributed by atoms with E-state index in [1.165, 1.54) is 6.07 Å². The van der Waals surface area contributed by atoms with E-state index in [1.54, 1.807) is 19.4 Å². The fourth-order valence-corrected chi connectivity index (χ4v) is 6.18. The van der Waals surface area contributed by atoms with Crippen molar-refractivity contribution in [3.63, 3.8) is 0 Å². The predicted octanol–water partition coefficient (Wildman–Crippen LogP) is 6.64. The average Bonchev–Trinajstić information content (AvgIpc) is 3.42. The highest BCUT2D eigenvalue weighted by atomic mass is 16.4. The molecule has 1 fully saturated rings. The summed E-state index contributed by atoms with van der Waals surface area (Å²) in [4.78, 5) is 41.5. The Labute approximate surface area is 239 Å². The van der Waals surface area contributed by atoms with E-state index in [2.05, 4.69) is 48.2 Å². The summed E-state index contributed by atoms with van der Waals surface area (Å²) in [6.45, 7) is 12.1. The van der Waals surface area contributed by atoms with Gasteiger partial charge >= 0.3 is 5.97 Å². The van der Waals surface area contributed by atoms with E-state index in [9.17, 15) is 14.7 Å². The van der Waals surface area contributed by atoms with Crippen LogP contribution in [-0.4, -0.2) is 42.5 Å². The maximum absolute atomic E-state index is 13.6. The maximum atomic E-state index is 13.6. The Kier molecular flexibility index (Phi) is 6.36. The number of nitrogens with one attached hydrogen (secondary N) is 1. The molecule has 4 heterocycles. The Morgan fingerprint density at radius 3 is 2.61 bits per heavy atom. The number of aromatic nitrogens is 4. The molecule has 0 unspecified atom stereocenters. The molecule has 9 heteroatoms. The van der Waals surface area contributed by atoms with Crippen LogP contribution < -0.4 is 10.2 Å². The number of carbonyl (C=O) groups excluding carboxylic acids is 1. The summed E-state index contributed by atoms with van der Waals surface area (Å²) in [7, 11) is 0. The third kappa shape index (κ3) is 4.34. The van der Waals surface area contributed by atoms with Crippen LogP contribution in [0, 0.1) is 12.8 Å². The number of anilines is 3. The van der Waals surface area contributed by atoms with Gasteiger partial charge in [-0.05, 0) is 82.7 Å². The average molecular weight is 553 g/mol. The van der Waals surface area contributed by atoms with Crippen molar-refractivity contribution >= 4 is 40.2 Å². The van der Waals surface area contributed by atoms with E-state index in [4.69, 9.17) is 4.98 Å². The molecule has 2 N–H and O–H groups in total. The van der Waals surface area contributed by atoms with Crippen molar-refractivity contribution in [2.75, 3.05) is 10.2 Å². The summed E-state index contributed by atoms with van der Waals surface area (Å²) in [6, 6.07) is 10.0. The zero-order valence-corrected chi connectivity index (χ0v) is 24.4. The van der Waals surface area contributed by atoms with Crippen molar-refractivity contribution in [2.45, 2.75) is 78.3 Å². The van der Waals surface area contributed by atoms with Crippen molar-refractivity contribution in [1.82, 2.24) is 19.5 Å². The number of nitrogens with zero attached hydrogens (tertiary/aromatic N) is 5. The number of hydrogen-bond donors (Lipinski definition) is 2. The monoisotopic (exact) mass is 552 g/mol. The van der Waals surface area contributed by atoms with Gasteiger partial charge in [-0.2, -0.15) is 0 Å². The number of rotatable bonds is 7. The number of carboxylic acid groups (broad SMARTS) is 1. The zero-order valence-electron chi connectivity index (χ0n) is 24.4. The van der Waals surface area contributed by atoms with Crippen LogP contribution in [0.15, 0.2) is 42.9 Å². The van der Waals surface area contributed by atoms with Crippen LogP contribution in [0.3, 0.4) is 0 Å². The van der Waals surface area contributed by atoms with Gasteiger partial charge in [0.25, 0.3) is 0 Å². The molecule has 0 radical (unpaired) electrons. The fraction of sp³-hybridized carbons (Fsp3) is 0.406. The number of imidazole rings is 1. The van der Waals surface area contributed by atoms with Crippen LogP contribution in [0.1, 0.15) is 81.4 Å². The second kappa shape index (κ2) is 9.68. The number of pyridine rings is 2. The third-order valence-electron chi connectivity index (χ3n) is 8.82. The van der Waals surface area contributed by atoms with Crippen molar-refractivity contribution in [3.8, 4) is 11.3 Å². The van der Waals surface area contributed by atoms with Gasteiger partial charge in [0.15, 0.2) is 5.82 Å². The minimum atomic E-state index is -1.01. The third-order valence-corrected chi connectivity index (χ3v) is 8.82. The SMILES string of the molecule is CCC1CC(N2C(=O)C(C)(C)c3ccc(-c4cc5ncn(C(C)C)c5c(Nc5cc(C(=O)O)c(C)cn5)n4)cc32)C1. The Bertz CT molecular complexity index is 1700. The summed E-state index contributed by atoms with van der Waals surface area (Å²) in [5.41, 5.74) is 5.35. The summed E-state index contributed by atoms with van der Waals surface area (Å²) >= 11 is 0. The molecule has 1 saturated carbocycles. The summed E-state index contributed by atoms with van der Waals surface area (Å²) in [5, 5.41) is 12.9. The highest BCUT2D eigenvalue weighted by Crippen LogP contribution is 2.48. The molecule has 1 aliphatic carbocycles. The molecule has 41 heavy (non-hydrogen) atoms. The van der Waals surface area contributed by atoms with Gasteiger partial charge in [-0.25, -0.2) is 19.7 Å². The Morgan fingerprint density at radius 2 is 1.93 bits per heavy atom. The molecule has 0 spiro atoms. The fourth-order valence-electron chi connectivity index (χ4n) is 6.18. The lowest BCUT2D eigenvalue weighted by Gasteiger charge is -2.41. The Morgan fingerprint density at radius 1 is 1.17 bits per heavy atom.